The van der Waals surface area contributed by atoms with E-state index in [1.54, 1.807) is 0 Å². The number of hydrogen-bond acceptors (Lipinski definition) is 6. The van der Waals surface area contributed by atoms with E-state index in [-0.39, 0.29) is 23.9 Å². The molecule has 0 amide bonds. The van der Waals surface area contributed by atoms with Crippen LogP contribution in [-0.4, -0.2) is 49.7 Å². The van der Waals surface area contributed by atoms with Crippen molar-refractivity contribution in [2.75, 3.05) is 11.9 Å². The number of Topliss-reactive ketones (excluding diaryl/α,β-unsaturated/α-hetero) is 1. The minimum absolute atomic E-state index is 0.0539. The van der Waals surface area contributed by atoms with Gasteiger partial charge in [0.2, 0.25) is 0 Å². The van der Waals surface area contributed by atoms with Gasteiger partial charge in [0.05, 0.1) is 18.0 Å². The summed E-state index contributed by atoms with van der Waals surface area (Å²) < 4.78 is 6.35. The molecule has 1 aliphatic heterocycles. The molecule has 0 radical (unpaired) electrons. The summed E-state index contributed by atoms with van der Waals surface area (Å²) in [6.45, 7) is -0.386. The number of alkyl halides is 1. The van der Waals surface area contributed by atoms with Gasteiger partial charge in [0.25, 0.3) is 5.56 Å². The Kier molecular flexibility index (Phi) is 4.53. The van der Waals surface area contributed by atoms with Crippen LogP contribution in [0.4, 0.5) is 0 Å². The van der Waals surface area contributed by atoms with Gasteiger partial charge < -0.3 is 14.9 Å². The molecule has 2 heterocycles. The minimum atomic E-state index is -0.917. The van der Waals surface area contributed by atoms with Gasteiger partial charge in [-0.25, -0.2) is 4.79 Å². The Morgan fingerprint density at radius 2 is 2.25 bits per heavy atom. The number of ether oxygens (including phenoxy) is 1. The summed E-state index contributed by atoms with van der Waals surface area (Å²) in [6.07, 6.45) is -1.36. The SMILES string of the molecule is O=C(CBr)c1cn([C@H]2C[C@H](O)[C@@H](CO)O2)c(=O)[nH]c1=O. The predicted octanol–water partition coefficient (Wildman–Crippen LogP) is -1.25. The third-order valence-electron chi connectivity index (χ3n) is 3.08. The second-order valence-corrected chi connectivity index (χ2v) is 4.94. The maximum Gasteiger partial charge on any atom is 0.330 e. The first-order chi connectivity index (χ1) is 9.47. The minimum Gasteiger partial charge on any atom is -0.394 e. The van der Waals surface area contributed by atoms with Crippen LogP contribution in [0.25, 0.3) is 0 Å². The van der Waals surface area contributed by atoms with Crippen molar-refractivity contribution in [2.45, 2.75) is 24.9 Å². The van der Waals surface area contributed by atoms with E-state index in [4.69, 9.17) is 9.84 Å². The molecule has 1 fully saturated rings. The number of ketones is 1. The molecular weight excluding hydrogens is 336 g/mol. The zero-order valence-electron chi connectivity index (χ0n) is 10.3. The Bertz CT molecular complexity index is 624. The topological polar surface area (TPSA) is 122 Å². The number of nitrogens with zero attached hydrogens (tertiary/aromatic N) is 1. The third-order valence-corrected chi connectivity index (χ3v) is 3.59. The average Bonchev–Trinajstić information content (AvgIpc) is 2.79. The standard InChI is InChI=1S/C11H13BrN2O6/c12-2-7(17)5-3-14(11(19)13-10(5)18)9-1-6(16)8(4-15)20-9/h3,6,8-9,15-16H,1-2,4H2,(H,13,18,19)/t6-,8+,9+/m0/s1. The van der Waals surface area contributed by atoms with Crippen LogP contribution in [0.15, 0.2) is 15.8 Å². The number of aromatic nitrogens is 2. The lowest BCUT2D eigenvalue weighted by Crippen LogP contribution is -2.35. The van der Waals surface area contributed by atoms with E-state index in [1.807, 2.05) is 4.98 Å². The number of carbonyl (C=O) groups is 1. The molecule has 2 rings (SSSR count). The van der Waals surface area contributed by atoms with E-state index in [0.717, 1.165) is 10.8 Å². The van der Waals surface area contributed by atoms with Crippen molar-refractivity contribution >= 4 is 21.7 Å². The van der Waals surface area contributed by atoms with Gasteiger partial charge in [0, 0.05) is 12.6 Å². The molecule has 0 unspecified atom stereocenters. The van der Waals surface area contributed by atoms with E-state index in [1.165, 1.54) is 0 Å². The quantitative estimate of drug-likeness (QED) is 0.462. The molecule has 0 bridgehead atoms. The zero-order valence-corrected chi connectivity index (χ0v) is 11.9. The molecule has 0 spiro atoms. The summed E-state index contributed by atoms with van der Waals surface area (Å²) in [5, 5.41) is 18.6. The molecule has 1 saturated heterocycles. The largest absolute Gasteiger partial charge is 0.394 e. The first-order valence-corrected chi connectivity index (χ1v) is 6.99. The number of carbonyl (C=O) groups excluding carboxylic acids is 1. The molecular formula is C11H13BrN2O6. The fourth-order valence-electron chi connectivity index (χ4n) is 2.02. The molecule has 1 aliphatic rings. The normalized spacial score (nSPS) is 25.9. The van der Waals surface area contributed by atoms with E-state index in [2.05, 4.69) is 15.9 Å². The zero-order chi connectivity index (χ0) is 14.9. The summed E-state index contributed by atoms with van der Waals surface area (Å²) in [4.78, 5) is 36.9. The molecule has 0 aromatic carbocycles. The fourth-order valence-corrected chi connectivity index (χ4v) is 2.32. The van der Waals surface area contributed by atoms with E-state index < -0.39 is 35.5 Å². The van der Waals surface area contributed by atoms with Crippen molar-refractivity contribution in [1.29, 1.82) is 0 Å². The van der Waals surface area contributed by atoms with E-state index in [9.17, 15) is 19.5 Å². The summed E-state index contributed by atoms with van der Waals surface area (Å²) >= 11 is 2.95. The third kappa shape index (κ3) is 2.75. The number of nitrogens with one attached hydrogen (secondary N) is 1. The second kappa shape index (κ2) is 6.00. The lowest BCUT2D eigenvalue weighted by Gasteiger charge is -2.14. The van der Waals surface area contributed by atoms with Crippen molar-refractivity contribution in [3.05, 3.63) is 32.6 Å². The lowest BCUT2D eigenvalue weighted by molar-refractivity contribution is -0.0459. The van der Waals surface area contributed by atoms with E-state index >= 15 is 0 Å². The van der Waals surface area contributed by atoms with Crippen LogP contribution in [-0.2, 0) is 4.74 Å². The molecule has 3 atom stereocenters. The average molecular weight is 349 g/mol. The molecule has 110 valence electrons. The maximum absolute atomic E-state index is 11.8. The number of H-pyrrole nitrogens is 1. The molecule has 0 aliphatic carbocycles. The number of hydrogen-bond donors (Lipinski definition) is 3. The van der Waals surface area contributed by atoms with Gasteiger partial charge in [-0.2, -0.15) is 0 Å². The second-order valence-electron chi connectivity index (χ2n) is 4.38. The van der Waals surface area contributed by atoms with Crippen LogP contribution in [0.3, 0.4) is 0 Å². The first kappa shape index (κ1) is 15.1. The maximum atomic E-state index is 11.8. The van der Waals surface area contributed by atoms with Crippen LogP contribution in [0.2, 0.25) is 0 Å². The van der Waals surface area contributed by atoms with E-state index in [0.29, 0.717) is 0 Å². The summed E-state index contributed by atoms with van der Waals surface area (Å²) in [5.41, 5.74) is -1.68. The summed E-state index contributed by atoms with van der Waals surface area (Å²) in [7, 11) is 0. The van der Waals surface area contributed by atoms with Crippen molar-refractivity contribution in [1.82, 2.24) is 9.55 Å². The lowest BCUT2D eigenvalue weighted by atomic mass is 10.2. The fraction of sp³-hybridized carbons (Fsp3) is 0.545. The summed E-state index contributed by atoms with van der Waals surface area (Å²) in [6, 6.07) is 0. The van der Waals surface area contributed by atoms with Crippen LogP contribution < -0.4 is 11.2 Å². The van der Waals surface area contributed by atoms with Crippen LogP contribution >= 0.6 is 15.9 Å². The molecule has 1 aromatic heterocycles. The number of aliphatic hydroxyl groups excluding tert-OH is 2. The highest BCUT2D eigenvalue weighted by molar-refractivity contribution is 9.09. The molecule has 1 aromatic rings. The number of aliphatic hydroxyl groups is 2. The molecule has 9 heteroatoms. The van der Waals surface area contributed by atoms with Gasteiger partial charge in [-0.05, 0) is 0 Å². The van der Waals surface area contributed by atoms with Gasteiger partial charge >= 0.3 is 5.69 Å². The monoisotopic (exact) mass is 348 g/mol. The first-order valence-electron chi connectivity index (χ1n) is 5.87. The van der Waals surface area contributed by atoms with Crippen molar-refractivity contribution < 1.29 is 19.7 Å². The van der Waals surface area contributed by atoms with Gasteiger partial charge in [-0.3, -0.25) is 19.1 Å². The number of aromatic amines is 1. The highest BCUT2D eigenvalue weighted by atomic mass is 79.9. The van der Waals surface area contributed by atoms with Gasteiger partial charge in [0.1, 0.15) is 17.9 Å². The van der Waals surface area contributed by atoms with Gasteiger partial charge in [0.15, 0.2) is 5.78 Å². The Hall–Kier alpha value is -1.29. The molecule has 3 N–H and O–H groups in total. The Morgan fingerprint density at radius 3 is 2.80 bits per heavy atom. The van der Waals surface area contributed by atoms with Crippen molar-refractivity contribution in [2.24, 2.45) is 0 Å². The number of rotatable bonds is 4. The Morgan fingerprint density at radius 1 is 1.55 bits per heavy atom. The van der Waals surface area contributed by atoms with Crippen molar-refractivity contribution in [3.8, 4) is 0 Å². The smallest absolute Gasteiger partial charge is 0.330 e. The molecule has 0 saturated carbocycles. The molecule has 20 heavy (non-hydrogen) atoms. The van der Waals surface area contributed by atoms with Crippen LogP contribution in [0, 0.1) is 0 Å². The van der Waals surface area contributed by atoms with Crippen LogP contribution in [0.5, 0.6) is 0 Å². The van der Waals surface area contributed by atoms with Gasteiger partial charge in [-0.15, -0.1) is 0 Å². The Labute approximate surface area is 121 Å². The molecule has 8 nitrogen and oxygen atoms in total. The summed E-state index contributed by atoms with van der Waals surface area (Å²) in [5.74, 6) is -0.475. The Balaban J connectivity index is 2.40. The highest BCUT2D eigenvalue weighted by Crippen LogP contribution is 2.27. The van der Waals surface area contributed by atoms with Gasteiger partial charge in [-0.1, -0.05) is 15.9 Å². The van der Waals surface area contributed by atoms with Crippen LogP contribution in [0.1, 0.15) is 23.0 Å². The van der Waals surface area contributed by atoms with Crippen molar-refractivity contribution in [3.63, 3.8) is 0 Å². The predicted molar refractivity (Wildman–Crippen MR) is 71.1 cm³/mol. The number of halogens is 1. The highest BCUT2D eigenvalue weighted by Gasteiger charge is 2.35.